The predicted octanol–water partition coefficient (Wildman–Crippen LogP) is 2.71. The summed E-state index contributed by atoms with van der Waals surface area (Å²) in [6, 6.07) is 0. The van der Waals surface area contributed by atoms with Crippen molar-refractivity contribution < 1.29 is 19.1 Å². The van der Waals surface area contributed by atoms with E-state index in [1.807, 2.05) is 0 Å². The maximum absolute atomic E-state index is 12.2. The van der Waals surface area contributed by atoms with Crippen LogP contribution in [-0.2, 0) is 19.1 Å². The molecule has 0 N–H and O–H groups in total. The third-order valence-electron chi connectivity index (χ3n) is 2.91. The number of carbonyl (C=O) groups excluding carboxylic acids is 2. The van der Waals surface area contributed by atoms with Gasteiger partial charge in [-0.05, 0) is 20.3 Å². The van der Waals surface area contributed by atoms with Gasteiger partial charge < -0.3 is 9.47 Å². The number of ether oxygens (including phenoxy) is 2. The fraction of sp³-hybridized carbons (Fsp3) is 0.647. The predicted molar refractivity (Wildman–Crippen MR) is 81.1 cm³/mol. The molecule has 0 amide bonds. The molecule has 0 fully saturated rings. The molecule has 0 radical (unpaired) electrons. The van der Waals surface area contributed by atoms with Crippen LogP contribution in [0.1, 0.15) is 52.9 Å². The summed E-state index contributed by atoms with van der Waals surface area (Å²) in [6.07, 6.45) is 8.02. The molecule has 0 atom stereocenters. The maximum atomic E-state index is 12.2. The van der Waals surface area contributed by atoms with Crippen LogP contribution in [0.3, 0.4) is 0 Å². The summed E-state index contributed by atoms with van der Waals surface area (Å²) in [4.78, 5) is 24.4. The van der Waals surface area contributed by atoms with Crippen LogP contribution in [-0.4, -0.2) is 25.2 Å². The minimum absolute atomic E-state index is 0.0264. The van der Waals surface area contributed by atoms with E-state index in [1.54, 1.807) is 13.8 Å². The highest BCUT2D eigenvalue weighted by Crippen LogP contribution is 2.30. The van der Waals surface area contributed by atoms with Crippen LogP contribution < -0.4 is 0 Å². The number of carbonyl (C=O) groups is 2. The minimum atomic E-state index is -1.51. The third-order valence-corrected chi connectivity index (χ3v) is 2.91. The van der Waals surface area contributed by atoms with E-state index in [4.69, 9.17) is 15.9 Å². The zero-order chi connectivity index (χ0) is 16.1. The van der Waals surface area contributed by atoms with Crippen LogP contribution in [0.4, 0.5) is 0 Å². The molecule has 0 aliphatic carbocycles. The largest absolute Gasteiger partial charge is 0.465 e. The average Bonchev–Trinajstić information content (AvgIpc) is 2.46. The SMILES string of the molecule is C#CCC(CC#CCCCC)(C(=O)OCC)C(=O)OCC. The molecule has 0 aliphatic heterocycles. The molecule has 4 nitrogen and oxygen atoms in total. The Morgan fingerprint density at radius 2 is 1.57 bits per heavy atom. The van der Waals surface area contributed by atoms with E-state index >= 15 is 0 Å². The van der Waals surface area contributed by atoms with Crippen molar-refractivity contribution in [3.05, 3.63) is 0 Å². The number of hydrogen-bond donors (Lipinski definition) is 0. The highest BCUT2D eigenvalue weighted by molar-refractivity contribution is 6.00. The van der Waals surface area contributed by atoms with Crippen molar-refractivity contribution in [2.45, 2.75) is 52.9 Å². The summed E-state index contributed by atoms with van der Waals surface area (Å²) >= 11 is 0. The number of esters is 2. The minimum Gasteiger partial charge on any atom is -0.465 e. The lowest BCUT2D eigenvalue weighted by molar-refractivity contribution is -0.171. The van der Waals surface area contributed by atoms with Gasteiger partial charge in [0.1, 0.15) is 0 Å². The summed E-state index contributed by atoms with van der Waals surface area (Å²) in [5.74, 6) is 6.89. The van der Waals surface area contributed by atoms with E-state index in [-0.39, 0.29) is 26.1 Å². The molecule has 0 saturated heterocycles. The molecule has 116 valence electrons. The quantitative estimate of drug-likeness (QED) is 0.299. The monoisotopic (exact) mass is 292 g/mol. The first kappa shape index (κ1) is 19.1. The molecule has 21 heavy (non-hydrogen) atoms. The van der Waals surface area contributed by atoms with E-state index in [2.05, 4.69) is 24.7 Å². The number of rotatable bonds is 8. The summed E-state index contributed by atoms with van der Waals surface area (Å²) < 4.78 is 10.0. The first-order chi connectivity index (χ1) is 10.1. The molecule has 0 bridgehead atoms. The number of terminal acetylenes is 1. The summed E-state index contributed by atoms with van der Waals surface area (Å²) in [5, 5.41) is 0. The molecular weight excluding hydrogens is 268 g/mol. The number of hydrogen-bond acceptors (Lipinski definition) is 4. The van der Waals surface area contributed by atoms with Gasteiger partial charge in [0.25, 0.3) is 0 Å². The molecule has 0 aromatic carbocycles. The molecule has 0 aliphatic rings. The van der Waals surface area contributed by atoms with Gasteiger partial charge in [-0.2, -0.15) is 0 Å². The van der Waals surface area contributed by atoms with Crippen molar-refractivity contribution in [3.63, 3.8) is 0 Å². The molecule has 0 aromatic rings. The van der Waals surface area contributed by atoms with Crippen molar-refractivity contribution >= 4 is 11.9 Å². The summed E-state index contributed by atoms with van der Waals surface area (Å²) in [5.41, 5.74) is -1.51. The van der Waals surface area contributed by atoms with E-state index in [9.17, 15) is 9.59 Å². The van der Waals surface area contributed by atoms with Crippen molar-refractivity contribution in [1.82, 2.24) is 0 Å². The Balaban J connectivity index is 5.25. The van der Waals surface area contributed by atoms with Crippen molar-refractivity contribution in [1.29, 1.82) is 0 Å². The lowest BCUT2D eigenvalue weighted by Crippen LogP contribution is -2.41. The van der Waals surface area contributed by atoms with Gasteiger partial charge in [-0.3, -0.25) is 9.59 Å². The van der Waals surface area contributed by atoms with E-state index in [0.29, 0.717) is 0 Å². The van der Waals surface area contributed by atoms with Crippen LogP contribution in [0, 0.1) is 29.6 Å². The molecule has 0 rings (SSSR count). The van der Waals surface area contributed by atoms with Gasteiger partial charge in [-0.15, -0.1) is 24.2 Å². The lowest BCUT2D eigenvalue weighted by atomic mass is 9.81. The molecule has 0 heterocycles. The van der Waals surface area contributed by atoms with Gasteiger partial charge in [0.15, 0.2) is 5.41 Å². The Kier molecular flexibility index (Phi) is 9.80. The third kappa shape index (κ3) is 5.92. The Bertz CT molecular complexity index is 416. The molecule has 0 spiro atoms. The first-order valence-corrected chi connectivity index (χ1v) is 7.32. The second-order valence-electron chi connectivity index (χ2n) is 4.54. The topological polar surface area (TPSA) is 52.6 Å². The average molecular weight is 292 g/mol. The molecule has 0 saturated carbocycles. The zero-order valence-corrected chi connectivity index (χ0v) is 13.2. The van der Waals surface area contributed by atoms with Gasteiger partial charge in [-0.25, -0.2) is 0 Å². The van der Waals surface area contributed by atoms with Gasteiger partial charge in [0, 0.05) is 19.3 Å². The van der Waals surface area contributed by atoms with Crippen molar-refractivity contribution in [2.24, 2.45) is 5.41 Å². The smallest absolute Gasteiger partial charge is 0.325 e. The Morgan fingerprint density at radius 3 is 2.00 bits per heavy atom. The van der Waals surface area contributed by atoms with Crippen molar-refractivity contribution in [3.8, 4) is 24.2 Å². The van der Waals surface area contributed by atoms with Crippen LogP contribution in [0.2, 0.25) is 0 Å². The Labute approximate surface area is 127 Å². The Hall–Kier alpha value is -1.94. The zero-order valence-electron chi connectivity index (χ0n) is 13.2. The maximum Gasteiger partial charge on any atom is 0.325 e. The fourth-order valence-corrected chi connectivity index (χ4v) is 1.71. The first-order valence-electron chi connectivity index (χ1n) is 7.32. The second-order valence-corrected chi connectivity index (χ2v) is 4.54. The summed E-state index contributed by atoms with van der Waals surface area (Å²) in [6.45, 7) is 5.77. The van der Waals surface area contributed by atoms with E-state index < -0.39 is 17.4 Å². The summed E-state index contributed by atoms with van der Waals surface area (Å²) in [7, 11) is 0. The normalized spacial score (nSPS) is 10.0. The van der Waals surface area contributed by atoms with Crippen LogP contribution in [0.15, 0.2) is 0 Å². The van der Waals surface area contributed by atoms with E-state index in [0.717, 1.165) is 19.3 Å². The highest BCUT2D eigenvalue weighted by Gasteiger charge is 2.48. The molecule has 4 heteroatoms. The standard InChI is InChI=1S/C17H24O4/c1-5-9-10-11-12-14-17(13-6-2,15(18)20-7-3)16(19)21-8-4/h2H,5,7-10,13-14H2,1,3-4H3. The van der Waals surface area contributed by atoms with Gasteiger partial charge in [-0.1, -0.05) is 13.3 Å². The molecule has 0 aromatic heterocycles. The van der Waals surface area contributed by atoms with E-state index in [1.165, 1.54) is 0 Å². The van der Waals surface area contributed by atoms with Gasteiger partial charge in [0.2, 0.25) is 0 Å². The van der Waals surface area contributed by atoms with Gasteiger partial charge >= 0.3 is 11.9 Å². The molecule has 0 unspecified atom stereocenters. The van der Waals surface area contributed by atoms with Crippen molar-refractivity contribution in [2.75, 3.05) is 13.2 Å². The number of unbranched alkanes of at least 4 members (excludes halogenated alkanes) is 2. The highest BCUT2D eigenvalue weighted by atomic mass is 16.6. The van der Waals surface area contributed by atoms with Crippen LogP contribution in [0.25, 0.3) is 0 Å². The van der Waals surface area contributed by atoms with Crippen LogP contribution >= 0.6 is 0 Å². The lowest BCUT2D eigenvalue weighted by Gasteiger charge is -2.25. The fourth-order valence-electron chi connectivity index (χ4n) is 1.71. The molecular formula is C17H24O4. The Morgan fingerprint density at radius 1 is 1.00 bits per heavy atom. The second kappa shape index (κ2) is 10.8. The van der Waals surface area contributed by atoms with Gasteiger partial charge in [0.05, 0.1) is 13.2 Å². The van der Waals surface area contributed by atoms with Crippen LogP contribution in [0.5, 0.6) is 0 Å².